The lowest BCUT2D eigenvalue weighted by Gasteiger charge is -2.19. The van der Waals surface area contributed by atoms with Crippen LogP contribution in [0.15, 0.2) is 65.1 Å². The third kappa shape index (κ3) is 5.64. The molecule has 2 atom stereocenters. The molecular weight excluding hydrogens is 642 g/mol. The van der Waals surface area contributed by atoms with Gasteiger partial charge in [-0.2, -0.15) is 0 Å². The third-order valence-corrected chi connectivity index (χ3v) is 9.07. The predicted octanol–water partition coefficient (Wildman–Crippen LogP) is 6.91. The molecule has 0 N–H and O–H groups in total. The highest BCUT2D eigenvalue weighted by Crippen LogP contribution is 2.40. The molecule has 0 radical (unpaired) electrons. The van der Waals surface area contributed by atoms with Gasteiger partial charge in [-0.05, 0) is 62.6 Å². The minimum atomic E-state index is -0.761. The van der Waals surface area contributed by atoms with E-state index in [2.05, 4.69) is 15.9 Å². The fraction of sp³-hybridized carbons (Fsp3) is 0.265. The van der Waals surface area contributed by atoms with Gasteiger partial charge in [-0.15, -0.1) is 0 Å². The van der Waals surface area contributed by atoms with Gasteiger partial charge in [0.25, 0.3) is 5.69 Å². The molecule has 45 heavy (non-hydrogen) atoms. The van der Waals surface area contributed by atoms with Gasteiger partial charge in [-0.1, -0.05) is 53.0 Å². The number of ether oxygens (including phenoxy) is 1. The zero-order valence-corrected chi connectivity index (χ0v) is 26.1. The average Bonchev–Trinajstić information content (AvgIpc) is 3.28. The van der Waals surface area contributed by atoms with Gasteiger partial charge in [0.1, 0.15) is 0 Å². The van der Waals surface area contributed by atoms with Crippen LogP contribution < -0.4 is 4.90 Å². The monoisotopic (exact) mass is 669 g/mol. The van der Waals surface area contributed by atoms with Crippen molar-refractivity contribution in [3.05, 3.63) is 97.5 Å². The van der Waals surface area contributed by atoms with Crippen LogP contribution in [0.5, 0.6) is 0 Å². The quantitative estimate of drug-likeness (QED) is 0.0681. The van der Waals surface area contributed by atoms with Crippen molar-refractivity contribution in [1.82, 2.24) is 4.98 Å². The fourth-order valence-corrected chi connectivity index (χ4v) is 6.82. The van der Waals surface area contributed by atoms with E-state index in [9.17, 15) is 29.3 Å². The topological polar surface area (TPSA) is 137 Å². The van der Waals surface area contributed by atoms with E-state index in [1.54, 1.807) is 43.3 Å². The average molecular weight is 671 g/mol. The van der Waals surface area contributed by atoms with E-state index in [-0.39, 0.29) is 40.5 Å². The molecule has 2 aliphatic rings. The summed E-state index contributed by atoms with van der Waals surface area (Å²) in [6, 6.07) is 16.2. The van der Waals surface area contributed by atoms with Crippen molar-refractivity contribution in [2.75, 3.05) is 11.5 Å². The van der Waals surface area contributed by atoms with Crippen LogP contribution in [-0.4, -0.2) is 40.1 Å². The Kier molecular flexibility index (Phi) is 8.05. The minimum absolute atomic E-state index is 0.0632. The highest BCUT2D eigenvalue weighted by Gasteiger charge is 2.48. The number of aromatic nitrogens is 1. The number of carbonyl (C=O) groups excluding carboxylic acids is 4. The molecule has 6 rings (SSSR count). The molecule has 2 unspecified atom stereocenters. The molecule has 228 valence electrons. The number of anilines is 1. The van der Waals surface area contributed by atoms with Gasteiger partial charge in [0.15, 0.2) is 6.61 Å². The van der Waals surface area contributed by atoms with Crippen LogP contribution in [0.2, 0.25) is 0 Å². The van der Waals surface area contributed by atoms with Crippen molar-refractivity contribution in [1.29, 1.82) is 0 Å². The molecule has 11 heteroatoms. The molecule has 1 saturated carbocycles. The van der Waals surface area contributed by atoms with E-state index in [0.717, 1.165) is 35.7 Å². The molecule has 1 saturated heterocycles. The summed E-state index contributed by atoms with van der Waals surface area (Å²) in [4.78, 5) is 69.3. The second-order valence-corrected chi connectivity index (χ2v) is 12.4. The van der Waals surface area contributed by atoms with Gasteiger partial charge in [-0.25, -0.2) is 9.78 Å². The molecule has 3 aromatic carbocycles. The van der Waals surface area contributed by atoms with Gasteiger partial charge in [0, 0.05) is 32.6 Å². The molecule has 10 nitrogen and oxygen atoms in total. The summed E-state index contributed by atoms with van der Waals surface area (Å²) in [5.41, 5.74) is 3.42. The molecule has 1 aliphatic carbocycles. The first kappa shape index (κ1) is 30.3. The Balaban J connectivity index is 1.29. The Labute approximate surface area is 266 Å². The van der Waals surface area contributed by atoms with Crippen LogP contribution in [0.4, 0.5) is 11.4 Å². The molecule has 0 spiro atoms. The number of benzene rings is 3. The number of nitro groups is 1. The lowest BCUT2D eigenvalue weighted by molar-refractivity contribution is -0.385. The Morgan fingerprint density at radius 2 is 1.62 bits per heavy atom. The molecule has 2 amide bonds. The van der Waals surface area contributed by atoms with Gasteiger partial charge in [0.05, 0.1) is 39.2 Å². The number of ketones is 1. The van der Waals surface area contributed by atoms with Crippen LogP contribution >= 0.6 is 15.9 Å². The summed E-state index contributed by atoms with van der Waals surface area (Å²) in [5.74, 6) is -2.15. The number of nitrogens with zero attached hydrogens (tertiary/aromatic N) is 3. The van der Waals surface area contributed by atoms with Gasteiger partial charge in [-0.3, -0.25) is 29.4 Å². The summed E-state index contributed by atoms with van der Waals surface area (Å²) in [6.45, 7) is 2.82. The first-order valence-corrected chi connectivity index (χ1v) is 15.4. The Morgan fingerprint density at radius 3 is 2.27 bits per heavy atom. The fourth-order valence-electron chi connectivity index (χ4n) is 6.24. The normalized spacial score (nSPS) is 17.8. The lowest BCUT2D eigenvalue weighted by Crippen LogP contribution is -2.30. The van der Waals surface area contributed by atoms with Crippen LogP contribution in [-0.2, 0) is 14.3 Å². The van der Waals surface area contributed by atoms with Crippen molar-refractivity contribution in [3.63, 3.8) is 0 Å². The number of carbonyl (C=O) groups is 4. The second kappa shape index (κ2) is 12.0. The number of nitro benzene ring substituents is 1. The van der Waals surface area contributed by atoms with Crippen LogP contribution in [0.3, 0.4) is 0 Å². The van der Waals surface area contributed by atoms with Crippen LogP contribution in [0.25, 0.3) is 22.2 Å². The molecule has 1 aliphatic heterocycles. The molecule has 2 heterocycles. The van der Waals surface area contributed by atoms with E-state index in [4.69, 9.17) is 9.72 Å². The van der Waals surface area contributed by atoms with Crippen molar-refractivity contribution in [2.24, 2.45) is 11.8 Å². The lowest BCUT2D eigenvalue weighted by atomic mass is 9.81. The summed E-state index contributed by atoms with van der Waals surface area (Å²) >= 11 is 3.47. The maximum atomic E-state index is 13.4. The number of amides is 2. The summed E-state index contributed by atoms with van der Waals surface area (Å²) < 4.78 is 6.15. The van der Waals surface area contributed by atoms with Crippen molar-refractivity contribution in [3.8, 4) is 11.3 Å². The Hall–Kier alpha value is -4.77. The maximum Gasteiger partial charge on any atom is 0.339 e. The van der Waals surface area contributed by atoms with Gasteiger partial charge >= 0.3 is 5.97 Å². The number of imide groups is 1. The number of esters is 1. The van der Waals surface area contributed by atoms with Crippen LogP contribution in [0, 0.1) is 35.8 Å². The highest BCUT2D eigenvalue weighted by atomic mass is 79.9. The maximum absolute atomic E-state index is 13.4. The van der Waals surface area contributed by atoms with E-state index < -0.39 is 23.3 Å². The standard InChI is InChI=1S/C34H28BrN3O7/c1-18-7-8-21(14-29(18)38(43)44)30(39)17-45-34(42)27-16-28(36-31-19(2)13-22(35)15-26(27)31)20-9-11-23(12-10-20)37-32(40)24-5-3-4-6-25(24)33(37)41/h7-16,24-25H,3-6,17H2,1-2H3. The van der Waals surface area contributed by atoms with Gasteiger partial charge in [0.2, 0.25) is 17.6 Å². The summed E-state index contributed by atoms with van der Waals surface area (Å²) in [5, 5.41) is 11.8. The number of Topliss-reactive ketones (excluding diaryl/α,β-unsaturated/α-hetero) is 1. The Bertz CT molecular complexity index is 1900. The minimum Gasteiger partial charge on any atom is -0.454 e. The largest absolute Gasteiger partial charge is 0.454 e. The molecule has 4 aromatic rings. The SMILES string of the molecule is Cc1ccc(C(=O)COC(=O)c2cc(-c3ccc(N4C(=O)C5CCCCC5C4=O)cc3)nc3c(C)cc(Br)cc23)cc1[N+](=O)[O-]. The zero-order valence-electron chi connectivity index (χ0n) is 24.5. The number of fused-ring (bicyclic) bond motifs is 2. The highest BCUT2D eigenvalue weighted by molar-refractivity contribution is 9.10. The Morgan fingerprint density at radius 1 is 0.956 bits per heavy atom. The molecule has 0 bridgehead atoms. The number of hydrogen-bond donors (Lipinski definition) is 0. The molecular formula is C34H28BrN3O7. The van der Waals surface area contributed by atoms with Gasteiger partial charge < -0.3 is 4.74 Å². The van der Waals surface area contributed by atoms with E-state index >= 15 is 0 Å². The van der Waals surface area contributed by atoms with Crippen molar-refractivity contribution >= 4 is 61.8 Å². The van der Waals surface area contributed by atoms with Crippen molar-refractivity contribution in [2.45, 2.75) is 39.5 Å². The zero-order chi connectivity index (χ0) is 32.0. The number of hydrogen-bond acceptors (Lipinski definition) is 8. The summed E-state index contributed by atoms with van der Waals surface area (Å²) in [6.07, 6.45) is 3.36. The summed E-state index contributed by atoms with van der Waals surface area (Å²) in [7, 11) is 0. The molecule has 1 aromatic heterocycles. The second-order valence-electron chi connectivity index (χ2n) is 11.5. The number of rotatable bonds is 7. The van der Waals surface area contributed by atoms with E-state index in [0.29, 0.717) is 33.4 Å². The van der Waals surface area contributed by atoms with Crippen LogP contribution in [0.1, 0.15) is 57.5 Å². The number of halogens is 1. The first-order chi connectivity index (χ1) is 21.5. The smallest absolute Gasteiger partial charge is 0.339 e. The van der Waals surface area contributed by atoms with E-state index in [1.165, 1.54) is 23.1 Å². The van der Waals surface area contributed by atoms with Crippen molar-refractivity contribution < 1.29 is 28.8 Å². The third-order valence-electron chi connectivity index (χ3n) is 8.61. The first-order valence-electron chi connectivity index (χ1n) is 14.6. The predicted molar refractivity (Wildman–Crippen MR) is 170 cm³/mol. The number of aryl methyl sites for hydroxylation is 2. The molecule has 2 fully saturated rings. The van der Waals surface area contributed by atoms with E-state index in [1.807, 2.05) is 13.0 Å². The number of pyridine rings is 1.